The van der Waals surface area contributed by atoms with Crippen molar-refractivity contribution < 1.29 is 18.0 Å². The Hall–Kier alpha value is -0.980. The lowest BCUT2D eigenvalue weighted by Crippen LogP contribution is -2.57. The lowest BCUT2D eigenvalue weighted by atomic mass is 10.1. The molecule has 4 nitrogen and oxygen atoms in total. The maximum absolute atomic E-state index is 13.1. The molecule has 0 aliphatic heterocycles. The number of nitrogens with zero attached hydrogens (tertiary/aromatic N) is 1. The van der Waals surface area contributed by atoms with E-state index in [2.05, 4.69) is 5.32 Å². The number of amides is 2. The Morgan fingerprint density at radius 2 is 1.89 bits per heavy atom. The van der Waals surface area contributed by atoms with Crippen LogP contribution in [0.4, 0.5) is 18.0 Å². The van der Waals surface area contributed by atoms with Crippen LogP contribution in [0, 0.1) is 0 Å². The summed E-state index contributed by atoms with van der Waals surface area (Å²) in [5.41, 5.74) is 4.69. The molecule has 112 valence electrons. The third-order valence-corrected chi connectivity index (χ3v) is 2.81. The number of alkyl halides is 3. The van der Waals surface area contributed by atoms with Gasteiger partial charge in [0.2, 0.25) is 0 Å². The maximum Gasteiger partial charge on any atom is 0.408 e. The largest absolute Gasteiger partial charge is 0.408 e. The van der Waals surface area contributed by atoms with Crippen LogP contribution in [-0.2, 0) is 0 Å². The van der Waals surface area contributed by atoms with Gasteiger partial charge in [-0.2, -0.15) is 13.2 Å². The van der Waals surface area contributed by atoms with Crippen LogP contribution in [0.15, 0.2) is 0 Å². The Balaban J connectivity index is 2.88. The number of rotatable bonds is 4. The summed E-state index contributed by atoms with van der Waals surface area (Å²) < 4.78 is 39.2. The van der Waals surface area contributed by atoms with Crippen molar-refractivity contribution in [3.63, 3.8) is 0 Å². The van der Waals surface area contributed by atoms with Crippen LogP contribution in [0.3, 0.4) is 0 Å². The zero-order valence-corrected chi connectivity index (χ0v) is 11.5. The highest BCUT2D eigenvalue weighted by atomic mass is 19.4. The third kappa shape index (κ3) is 4.89. The van der Waals surface area contributed by atoms with E-state index in [1.54, 1.807) is 20.8 Å². The van der Waals surface area contributed by atoms with Crippen LogP contribution >= 0.6 is 0 Å². The van der Waals surface area contributed by atoms with E-state index in [0.29, 0.717) is 12.8 Å². The molecule has 3 N–H and O–H groups in total. The summed E-state index contributed by atoms with van der Waals surface area (Å²) in [4.78, 5) is 13.0. The summed E-state index contributed by atoms with van der Waals surface area (Å²) in [5, 5.41) is 2.60. The number of hydrogen-bond acceptors (Lipinski definition) is 2. The molecule has 0 aromatic rings. The summed E-state index contributed by atoms with van der Waals surface area (Å²) in [6.07, 6.45) is -3.47. The topological polar surface area (TPSA) is 58.4 Å². The molecule has 1 fully saturated rings. The molecule has 7 heteroatoms. The molecule has 1 unspecified atom stereocenters. The molecular weight excluding hydrogens is 259 g/mol. The van der Waals surface area contributed by atoms with Gasteiger partial charge in [-0.1, -0.05) is 0 Å². The first-order chi connectivity index (χ1) is 8.56. The average molecular weight is 281 g/mol. The van der Waals surface area contributed by atoms with Crippen LogP contribution in [0.2, 0.25) is 0 Å². The zero-order valence-electron chi connectivity index (χ0n) is 11.5. The number of carbonyl (C=O) groups is 1. The van der Waals surface area contributed by atoms with Crippen molar-refractivity contribution in [2.24, 2.45) is 5.73 Å². The van der Waals surface area contributed by atoms with Crippen LogP contribution in [0.25, 0.3) is 0 Å². The van der Waals surface area contributed by atoms with Gasteiger partial charge in [-0.3, -0.25) is 0 Å². The van der Waals surface area contributed by atoms with Crippen molar-refractivity contribution in [3.05, 3.63) is 0 Å². The molecule has 1 aliphatic carbocycles. The number of nitrogens with two attached hydrogens (primary N) is 1. The molecule has 2 amide bonds. The minimum atomic E-state index is -4.45. The molecule has 0 aromatic carbocycles. The van der Waals surface area contributed by atoms with Gasteiger partial charge in [-0.05, 0) is 46.6 Å². The fourth-order valence-corrected chi connectivity index (χ4v) is 1.92. The highest BCUT2D eigenvalue weighted by molar-refractivity contribution is 5.76. The number of nitrogens with one attached hydrogen (secondary N) is 1. The molecule has 0 aromatic heterocycles. The van der Waals surface area contributed by atoms with E-state index in [0.717, 1.165) is 4.90 Å². The van der Waals surface area contributed by atoms with Crippen molar-refractivity contribution in [1.29, 1.82) is 0 Å². The highest BCUT2D eigenvalue weighted by Gasteiger charge is 2.49. The van der Waals surface area contributed by atoms with E-state index in [9.17, 15) is 18.0 Å². The van der Waals surface area contributed by atoms with Crippen molar-refractivity contribution in [2.75, 3.05) is 6.54 Å². The second-order valence-electron chi connectivity index (χ2n) is 5.95. The molecule has 19 heavy (non-hydrogen) atoms. The summed E-state index contributed by atoms with van der Waals surface area (Å²) in [6.45, 7) is 5.11. The van der Waals surface area contributed by atoms with Crippen molar-refractivity contribution in [1.82, 2.24) is 10.2 Å². The zero-order chi connectivity index (χ0) is 14.8. The Morgan fingerprint density at radius 1 is 1.37 bits per heavy atom. The summed E-state index contributed by atoms with van der Waals surface area (Å²) in [7, 11) is 0. The molecule has 1 aliphatic rings. The van der Waals surface area contributed by atoms with Gasteiger partial charge in [-0.25, -0.2) is 4.79 Å². The Labute approximate surface area is 111 Å². The Kier molecular flexibility index (Phi) is 4.71. The van der Waals surface area contributed by atoms with Gasteiger partial charge in [0.15, 0.2) is 0 Å². The lowest BCUT2D eigenvalue weighted by molar-refractivity contribution is -0.178. The van der Waals surface area contributed by atoms with E-state index in [-0.39, 0.29) is 19.0 Å². The van der Waals surface area contributed by atoms with Gasteiger partial charge >= 0.3 is 12.2 Å². The number of urea groups is 1. The fraction of sp³-hybridized carbons (Fsp3) is 0.917. The van der Waals surface area contributed by atoms with Gasteiger partial charge in [0.25, 0.3) is 0 Å². The quantitative estimate of drug-likeness (QED) is 0.830. The van der Waals surface area contributed by atoms with Crippen molar-refractivity contribution in [3.8, 4) is 0 Å². The van der Waals surface area contributed by atoms with Crippen LogP contribution < -0.4 is 11.1 Å². The Bertz CT molecular complexity index is 321. The first kappa shape index (κ1) is 16.1. The number of hydrogen-bond donors (Lipinski definition) is 2. The second-order valence-corrected chi connectivity index (χ2v) is 5.95. The van der Waals surface area contributed by atoms with Crippen LogP contribution in [0.5, 0.6) is 0 Å². The Morgan fingerprint density at radius 3 is 2.21 bits per heavy atom. The van der Waals surface area contributed by atoms with Gasteiger partial charge in [0.05, 0.1) is 0 Å². The predicted molar refractivity (Wildman–Crippen MR) is 66.7 cm³/mol. The summed E-state index contributed by atoms with van der Waals surface area (Å²) in [6, 6.07) is -2.78. The first-order valence-corrected chi connectivity index (χ1v) is 6.43. The molecule has 0 heterocycles. The standard InChI is InChI=1S/C12H22F3N3O/c1-11(2,3)17-10(19)18(8-4-5-8)9(6-7-16)12(13,14)15/h8-9H,4-7,16H2,1-3H3,(H,17,19). The van der Waals surface area contributed by atoms with E-state index in [1.165, 1.54) is 0 Å². The van der Waals surface area contributed by atoms with Gasteiger partial charge in [-0.15, -0.1) is 0 Å². The molecule has 0 radical (unpaired) electrons. The second kappa shape index (κ2) is 5.56. The van der Waals surface area contributed by atoms with Gasteiger partial charge < -0.3 is 16.0 Å². The van der Waals surface area contributed by atoms with E-state index in [1.807, 2.05) is 0 Å². The average Bonchev–Trinajstić information content (AvgIpc) is 2.96. The molecule has 1 atom stereocenters. The monoisotopic (exact) mass is 281 g/mol. The molecule has 0 bridgehead atoms. The first-order valence-electron chi connectivity index (χ1n) is 6.43. The van der Waals surface area contributed by atoms with E-state index >= 15 is 0 Å². The fourth-order valence-electron chi connectivity index (χ4n) is 1.92. The molecule has 1 rings (SSSR count). The van der Waals surface area contributed by atoms with E-state index in [4.69, 9.17) is 5.73 Å². The summed E-state index contributed by atoms with van der Waals surface area (Å²) in [5.74, 6) is 0. The highest BCUT2D eigenvalue weighted by Crippen LogP contribution is 2.36. The summed E-state index contributed by atoms with van der Waals surface area (Å²) >= 11 is 0. The normalized spacial score (nSPS) is 18.1. The number of halogens is 3. The molecule has 0 saturated heterocycles. The van der Waals surface area contributed by atoms with Gasteiger partial charge in [0.1, 0.15) is 6.04 Å². The smallest absolute Gasteiger partial charge is 0.333 e. The molecular formula is C12H22F3N3O. The van der Waals surface area contributed by atoms with Gasteiger partial charge in [0, 0.05) is 11.6 Å². The maximum atomic E-state index is 13.1. The predicted octanol–water partition coefficient (Wildman–Crippen LogP) is 2.24. The molecule has 0 spiro atoms. The van der Waals surface area contributed by atoms with Crippen LogP contribution in [-0.4, -0.2) is 41.3 Å². The number of carbonyl (C=O) groups excluding carboxylic acids is 1. The van der Waals surface area contributed by atoms with Crippen LogP contribution in [0.1, 0.15) is 40.0 Å². The van der Waals surface area contributed by atoms with E-state index < -0.39 is 23.8 Å². The minimum absolute atomic E-state index is 0.101. The van der Waals surface area contributed by atoms with Crippen molar-refractivity contribution in [2.45, 2.75) is 63.8 Å². The van der Waals surface area contributed by atoms with Crippen molar-refractivity contribution >= 4 is 6.03 Å². The SMILES string of the molecule is CC(C)(C)NC(=O)N(C1CC1)C(CCN)C(F)(F)F. The lowest BCUT2D eigenvalue weighted by Gasteiger charge is -2.35. The third-order valence-electron chi connectivity index (χ3n) is 2.81. The molecule has 1 saturated carbocycles. The minimum Gasteiger partial charge on any atom is -0.333 e.